The molecule has 1 aliphatic rings. The predicted octanol–water partition coefficient (Wildman–Crippen LogP) is 0.194. The van der Waals surface area contributed by atoms with Crippen molar-refractivity contribution >= 4 is 16.0 Å². The largest absolute Gasteiger partial charge is 0.480 e. The first-order valence-electron chi connectivity index (χ1n) is 5.66. The maximum atomic E-state index is 12.0. The number of carbonyl (C=O) groups is 1. The molecule has 1 atom stereocenters. The van der Waals surface area contributed by atoms with E-state index in [0.29, 0.717) is 26.1 Å². The molecule has 7 heteroatoms. The van der Waals surface area contributed by atoms with Crippen molar-refractivity contribution in [3.8, 4) is 0 Å². The van der Waals surface area contributed by atoms with Crippen LogP contribution in [0, 0.1) is 5.92 Å². The van der Waals surface area contributed by atoms with Gasteiger partial charge in [0, 0.05) is 13.2 Å². The first-order chi connectivity index (χ1) is 7.84. The van der Waals surface area contributed by atoms with Crippen molar-refractivity contribution in [3.05, 3.63) is 0 Å². The Morgan fingerprint density at radius 1 is 1.35 bits per heavy atom. The Morgan fingerprint density at radius 3 is 2.29 bits per heavy atom. The quantitative estimate of drug-likeness (QED) is 0.740. The summed E-state index contributed by atoms with van der Waals surface area (Å²) >= 11 is 0. The molecule has 0 spiro atoms. The van der Waals surface area contributed by atoms with Crippen LogP contribution < -0.4 is 4.72 Å². The fourth-order valence-electron chi connectivity index (χ4n) is 1.73. The van der Waals surface area contributed by atoms with E-state index in [4.69, 9.17) is 9.84 Å². The molecule has 1 saturated heterocycles. The van der Waals surface area contributed by atoms with E-state index >= 15 is 0 Å². The van der Waals surface area contributed by atoms with Crippen LogP contribution in [-0.2, 0) is 19.6 Å². The van der Waals surface area contributed by atoms with Crippen LogP contribution >= 0.6 is 0 Å². The van der Waals surface area contributed by atoms with Gasteiger partial charge in [0.1, 0.15) is 6.04 Å². The smallest absolute Gasteiger partial charge is 0.321 e. The Balaban J connectivity index is 2.73. The van der Waals surface area contributed by atoms with E-state index in [-0.39, 0.29) is 5.92 Å². The number of nitrogens with one attached hydrogen (secondary N) is 1. The Morgan fingerprint density at radius 2 is 1.88 bits per heavy atom. The van der Waals surface area contributed by atoms with Crippen LogP contribution in [0.2, 0.25) is 0 Å². The standard InChI is InChI=1S/C10H19NO5S/c1-7(2)9(10(12)13)11-17(14,15)8-3-5-16-6-4-8/h7-9,11H,3-6H2,1-2H3,(H,12,13)/t9-/m1/s1. The van der Waals surface area contributed by atoms with Crippen LogP contribution in [0.3, 0.4) is 0 Å². The summed E-state index contributed by atoms with van der Waals surface area (Å²) in [6.45, 7) is 4.16. The molecule has 0 bridgehead atoms. The van der Waals surface area contributed by atoms with Crippen molar-refractivity contribution in [2.75, 3.05) is 13.2 Å². The van der Waals surface area contributed by atoms with Crippen molar-refractivity contribution < 1.29 is 23.1 Å². The predicted molar refractivity (Wildman–Crippen MR) is 62.2 cm³/mol. The summed E-state index contributed by atoms with van der Waals surface area (Å²) in [5.74, 6) is -1.43. The molecule has 0 aliphatic carbocycles. The lowest BCUT2D eigenvalue weighted by Gasteiger charge is -2.25. The highest BCUT2D eigenvalue weighted by Crippen LogP contribution is 2.16. The maximum absolute atomic E-state index is 12.0. The second-order valence-corrected chi connectivity index (χ2v) is 6.53. The summed E-state index contributed by atoms with van der Waals surface area (Å²) < 4.78 is 31.3. The molecule has 100 valence electrons. The molecule has 0 aromatic heterocycles. The van der Waals surface area contributed by atoms with Crippen molar-refractivity contribution in [1.29, 1.82) is 0 Å². The summed E-state index contributed by atoms with van der Waals surface area (Å²) in [5.41, 5.74) is 0. The fourth-order valence-corrected chi connectivity index (χ4v) is 3.46. The summed E-state index contributed by atoms with van der Waals surface area (Å²) in [7, 11) is -3.58. The van der Waals surface area contributed by atoms with Crippen LogP contribution in [0.15, 0.2) is 0 Å². The van der Waals surface area contributed by atoms with Crippen LogP contribution in [0.4, 0.5) is 0 Å². The van der Waals surface area contributed by atoms with Gasteiger partial charge in [0.05, 0.1) is 5.25 Å². The normalized spacial score (nSPS) is 20.4. The van der Waals surface area contributed by atoms with E-state index in [1.165, 1.54) is 0 Å². The van der Waals surface area contributed by atoms with Gasteiger partial charge in [-0.15, -0.1) is 0 Å². The lowest BCUT2D eigenvalue weighted by atomic mass is 10.1. The Bertz CT molecular complexity index is 359. The van der Waals surface area contributed by atoms with Crippen molar-refractivity contribution in [1.82, 2.24) is 4.72 Å². The average molecular weight is 265 g/mol. The number of carboxylic acid groups (broad SMARTS) is 1. The van der Waals surface area contributed by atoms with E-state index in [9.17, 15) is 13.2 Å². The molecule has 1 heterocycles. The first kappa shape index (κ1) is 14.4. The molecule has 2 N–H and O–H groups in total. The van der Waals surface area contributed by atoms with Crippen molar-refractivity contribution in [2.24, 2.45) is 5.92 Å². The molecule has 0 radical (unpaired) electrons. The zero-order chi connectivity index (χ0) is 13.1. The minimum Gasteiger partial charge on any atom is -0.480 e. The molecule has 1 aliphatic heterocycles. The van der Waals surface area contributed by atoms with Gasteiger partial charge in [-0.05, 0) is 18.8 Å². The van der Waals surface area contributed by atoms with Gasteiger partial charge in [-0.25, -0.2) is 13.1 Å². The van der Waals surface area contributed by atoms with E-state index in [1.54, 1.807) is 13.8 Å². The molecular weight excluding hydrogens is 246 g/mol. The third kappa shape index (κ3) is 3.93. The average Bonchev–Trinajstić information content (AvgIpc) is 2.26. The second kappa shape index (κ2) is 5.79. The number of ether oxygens (including phenoxy) is 1. The molecule has 0 amide bonds. The van der Waals surface area contributed by atoms with Gasteiger partial charge < -0.3 is 9.84 Å². The molecule has 17 heavy (non-hydrogen) atoms. The molecule has 0 aromatic rings. The van der Waals surface area contributed by atoms with Gasteiger partial charge >= 0.3 is 5.97 Å². The molecular formula is C10H19NO5S. The van der Waals surface area contributed by atoms with Gasteiger partial charge in [0.25, 0.3) is 0 Å². The van der Waals surface area contributed by atoms with Crippen molar-refractivity contribution in [2.45, 2.75) is 38.0 Å². The minimum absolute atomic E-state index is 0.290. The highest BCUT2D eigenvalue weighted by molar-refractivity contribution is 7.90. The number of carboxylic acids is 1. The number of hydrogen-bond donors (Lipinski definition) is 2. The molecule has 0 aromatic carbocycles. The van der Waals surface area contributed by atoms with Gasteiger partial charge in [0.2, 0.25) is 10.0 Å². The van der Waals surface area contributed by atoms with Gasteiger partial charge in [0.15, 0.2) is 0 Å². The summed E-state index contributed by atoms with van der Waals surface area (Å²) in [6, 6.07) is -1.07. The highest BCUT2D eigenvalue weighted by atomic mass is 32.2. The second-order valence-electron chi connectivity index (χ2n) is 4.53. The zero-order valence-corrected chi connectivity index (χ0v) is 10.9. The summed E-state index contributed by atoms with van der Waals surface area (Å²) in [5, 5.41) is 8.41. The fraction of sp³-hybridized carbons (Fsp3) is 0.900. The van der Waals surface area contributed by atoms with Gasteiger partial charge in [-0.2, -0.15) is 0 Å². The van der Waals surface area contributed by atoms with Crippen LogP contribution in [0.25, 0.3) is 0 Å². The van der Waals surface area contributed by atoms with Gasteiger partial charge in [-0.3, -0.25) is 4.79 Å². The van der Waals surface area contributed by atoms with E-state index in [2.05, 4.69) is 4.72 Å². The molecule has 0 unspecified atom stereocenters. The highest BCUT2D eigenvalue weighted by Gasteiger charge is 2.33. The Labute approximate surface area is 101 Å². The monoisotopic (exact) mass is 265 g/mol. The third-order valence-corrected chi connectivity index (χ3v) is 4.76. The Hall–Kier alpha value is -0.660. The molecule has 1 rings (SSSR count). The summed E-state index contributed by atoms with van der Waals surface area (Å²) in [6.07, 6.45) is 0.833. The van der Waals surface area contributed by atoms with Crippen LogP contribution in [-0.4, -0.2) is 44.0 Å². The Kier molecular flexibility index (Phi) is 4.91. The zero-order valence-electron chi connectivity index (χ0n) is 10.0. The molecule has 6 nitrogen and oxygen atoms in total. The number of sulfonamides is 1. The van der Waals surface area contributed by atoms with E-state index < -0.39 is 27.3 Å². The maximum Gasteiger partial charge on any atom is 0.321 e. The minimum atomic E-state index is -3.58. The molecule has 0 saturated carbocycles. The number of hydrogen-bond acceptors (Lipinski definition) is 4. The summed E-state index contributed by atoms with van der Waals surface area (Å²) in [4.78, 5) is 10.9. The topological polar surface area (TPSA) is 92.7 Å². The number of rotatable bonds is 5. The number of aliphatic carboxylic acids is 1. The van der Waals surface area contributed by atoms with Crippen LogP contribution in [0.5, 0.6) is 0 Å². The lowest BCUT2D eigenvalue weighted by Crippen LogP contribution is -2.48. The van der Waals surface area contributed by atoms with E-state index in [0.717, 1.165) is 0 Å². The van der Waals surface area contributed by atoms with E-state index in [1.807, 2.05) is 0 Å². The van der Waals surface area contributed by atoms with Crippen molar-refractivity contribution in [3.63, 3.8) is 0 Å². The third-order valence-electron chi connectivity index (χ3n) is 2.83. The van der Waals surface area contributed by atoms with Crippen LogP contribution in [0.1, 0.15) is 26.7 Å². The molecule has 1 fully saturated rings. The SMILES string of the molecule is CC(C)[C@@H](NS(=O)(=O)C1CCOCC1)C(=O)O. The van der Waals surface area contributed by atoms with Gasteiger partial charge in [-0.1, -0.05) is 13.8 Å². The lowest BCUT2D eigenvalue weighted by molar-refractivity contribution is -0.140. The first-order valence-corrected chi connectivity index (χ1v) is 7.21.